The number of likely N-dealkylation sites (N-methyl/N-ethyl adjacent to an activating group) is 1. The molecule has 1 amide bonds. The molecule has 3 atom stereocenters. The molecule has 2 fully saturated rings. The summed E-state index contributed by atoms with van der Waals surface area (Å²) in [6.45, 7) is 1.42. The summed E-state index contributed by atoms with van der Waals surface area (Å²) < 4.78 is 5.57. The molecular formula is C13H24N2O2. The van der Waals surface area contributed by atoms with Gasteiger partial charge in [-0.1, -0.05) is 6.42 Å². The Morgan fingerprint density at radius 2 is 2.12 bits per heavy atom. The molecule has 3 unspecified atom stereocenters. The largest absolute Gasteiger partial charge is 0.368 e. The van der Waals surface area contributed by atoms with Crippen LogP contribution in [0.3, 0.4) is 0 Å². The number of carbonyl (C=O) groups is 1. The quantitative estimate of drug-likeness (QED) is 0.805. The van der Waals surface area contributed by atoms with Gasteiger partial charge in [0, 0.05) is 19.7 Å². The molecule has 1 aliphatic heterocycles. The highest BCUT2D eigenvalue weighted by Gasteiger charge is 2.35. The Morgan fingerprint density at radius 1 is 1.29 bits per heavy atom. The van der Waals surface area contributed by atoms with E-state index < -0.39 is 0 Å². The normalized spacial score (nSPS) is 33.6. The van der Waals surface area contributed by atoms with E-state index in [1.807, 2.05) is 11.9 Å². The maximum absolute atomic E-state index is 12.3. The third-order valence-electron chi connectivity index (χ3n) is 4.22. The lowest BCUT2D eigenvalue weighted by molar-refractivity contribution is -0.147. The van der Waals surface area contributed by atoms with Crippen LogP contribution >= 0.6 is 0 Å². The first-order chi connectivity index (χ1) is 8.24. The predicted octanol–water partition coefficient (Wildman–Crippen LogP) is 1.14. The molecule has 17 heavy (non-hydrogen) atoms. The molecule has 0 aromatic rings. The first-order valence-corrected chi connectivity index (χ1v) is 6.82. The zero-order valence-corrected chi connectivity index (χ0v) is 10.7. The van der Waals surface area contributed by atoms with Crippen LogP contribution < -0.4 is 5.73 Å². The fraction of sp³-hybridized carbons (Fsp3) is 0.923. The van der Waals surface area contributed by atoms with Gasteiger partial charge in [-0.15, -0.1) is 0 Å². The van der Waals surface area contributed by atoms with Gasteiger partial charge >= 0.3 is 0 Å². The van der Waals surface area contributed by atoms with Gasteiger partial charge in [-0.2, -0.15) is 0 Å². The Balaban J connectivity index is 1.93. The summed E-state index contributed by atoms with van der Waals surface area (Å²) in [6.07, 6.45) is 6.31. The van der Waals surface area contributed by atoms with Crippen LogP contribution in [0.25, 0.3) is 0 Å². The van der Waals surface area contributed by atoms with Gasteiger partial charge < -0.3 is 15.4 Å². The number of nitrogens with zero attached hydrogens (tertiary/aromatic N) is 1. The summed E-state index contributed by atoms with van der Waals surface area (Å²) in [6, 6.07) is 0.332. The van der Waals surface area contributed by atoms with Gasteiger partial charge in [0.2, 0.25) is 0 Å². The summed E-state index contributed by atoms with van der Waals surface area (Å²) in [5.74, 6) is 0.641. The van der Waals surface area contributed by atoms with Crippen LogP contribution in [0.4, 0.5) is 0 Å². The van der Waals surface area contributed by atoms with Gasteiger partial charge in [-0.3, -0.25) is 4.79 Å². The third kappa shape index (κ3) is 2.80. The molecule has 1 aliphatic carbocycles. The zero-order valence-electron chi connectivity index (χ0n) is 10.7. The number of ether oxygens (including phenoxy) is 1. The monoisotopic (exact) mass is 240 g/mol. The molecule has 0 aromatic carbocycles. The van der Waals surface area contributed by atoms with Crippen molar-refractivity contribution in [2.75, 3.05) is 20.2 Å². The first-order valence-electron chi connectivity index (χ1n) is 6.82. The third-order valence-corrected chi connectivity index (χ3v) is 4.22. The van der Waals surface area contributed by atoms with Crippen molar-refractivity contribution < 1.29 is 9.53 Å². The van der Waals surface area contributed by atoms with Crippen LogP contribution in [0.2, 0.25) is 0 Å². The minimum Gasteiger partial charge on any atom is -0.368 e. The predicted molar refractivity (Wildman–Crippen MR) is 66.5 cm³/mol. The highest BCUT2D eigenvalue weighted by molar-refractivity contribution is 5.81. The molecule has 0 aromatic heterocycles. The van der Waals surface area contributed by atoms with Crippen molar-refractivity contribution in [3.8, 4) is 0 Å². The lowest BCUT2D eigenvalue weighted by atomic mass is 10.0. The second-order valence-corrected chi connectivity index (χ2v) is 5.30. The maximum atomic E-state index is 12.3. The molecule has 2 aliphatic rings. The van der Waals surface area contributed by atoms with Crippen molar-refractivity contribution in [3.63, 3.8) is 0 Å². The van der Waals surface area contributed by atoms with E-state index in [2.05, 4.69) is 0 Å². The van der Waals surface area contributed by atoms with Gasteiger partial charge in [-0.25, -0.2) is 0 Å². The smallest absolute Gasteiger partial charge is 0.251 e. The van der Waals surface area contributed by atoms with Gasteiger partial charge in [0.25, 0.3) is 5.91 Å². The van der Waals surface area contributed by atoms with Crippen LogP contribution in [0.5, 0.6) is 0 Å². The number of amides is 1. The fourth-order valence-electron chi connectivity index (χ4n) is 3.13. The molecule has 1 heterocycles. The van der Waals surface area contributed by atoms with E-state index in [-0.39, 0.29) is 12.0 Å². The maximum Gasteiger partial charge on any atom is 0.251 e. The second kappa shape index (κ2) is 5.83. The van der Waals surface area contributed by atoms with E-state index in [9.17, 15) is 4.79 Å². The van der Waals surface area contributed by atoms with E-state index in [1.165, 1.54) is 6.42 Å². The molecule has 4 heteroatoms. The Morgan fingerprint density at radius 3 is 2.76 bits per heavy atom. The SMILES string of the molecule is CN(C(=O)C1CCCCO1)C1CCCC1CN. The van der Waals surface area contributed by atoms with Gasteiger partial charge in [0.05, 0.1) is 0 Å². The average molecular weight is 240 g/mol. The molecule has 0 spiro atoms. The summed E-state index contributed by atoms with van der Waals surface area (Å²) >= 11 is 0. The van der Waals surface area contributed by atoms with Crippen molar-refractivity contribution in [2.45, 2.75) is 50.7 Å². The number of hydrogen-bond donors (Lipinski definition) is 1. The Labute approximate surface area is 103 Å². The molecule has 0 radical (unpaired) electrons. The molecular weight excluding hydrogens is 216 g/mol. The van der Waals surface area contributed by atoms with Crippen LogP contribution in [-0.4, -0.2) is 43.2 Å². The van der Waals surface area contributed by atoms with Crippen LogP contribution in [0.15, 0.2) is 0 Å². The zero-order chi connectivity index (χ0) is 12.3. The van der Waals surface area contributed by atoms with E-state index in [0.29, 0.717) is 18.5 Å². The van der Waals surface area contributed by atoms with Crippen LogP contribution in [0, 0.1) is 5.92 Å². The number of hydrogen-bond acceptors (Lipinski definition) is 3. The van der Waals surface area contributed by atoms with Crippen molar-refractivity contribution in [2.24, 2.45) is 11.7 Å². The topological polar surface area (TPSA) is 55.6 Å². The van der Waals surface area contributed by atoms with E-state index in [1.54, 1.807) is 0 Å². The number of rotatable bonds is 3. The summed E-state index contributed by atoms with van der Waals surface area (Å²) in [5.41, 5.74) is 5.77. The molecule has 0 bridgehead atoms. The Hall–Kier alpha value is -0.610. The molecule has 1 saturated heterocycles. The molecule has 1 saturated carbocycles. The summed E-state index contributed by atoms with van der Waals surface area (Å²) in [7, 11) is 1.92. The van der Waals surface area contributed by atoms with Gasteiger partial charge in [0.1, 0.15) is 6.10 Å². The molecule has 4 nitrogen and oxygen atoms in total. The number of nitrogens with two attached hydrogens (primary N) is 1. The molecule has 2 N–H and O–H groups in total. The minimum atomic E-state index is -0.201. The number of carbonyl (C=O) groups excluding carboxylic acids is 1. The highest BCUT2D eigenvalue weighted by Crippen LogP contribution is 2.29. The first kappa shape index (κ1) is 12.8. The molecule has 98 valence electrons. The lowest BCUT2D eigenvalue weighted by Crippen LogP contribution is -2.47. The van der Waals surface area contributed by atoms with Gasteiger partial charge in [0.15, 0.2) is 0 Å². The molecule has 2 rings (SSSR count). The summed E-state index contributed by atoms with van der Waals surface area (Å²) in [5, 5.41) is 0. The lowest BCUT2D eigenvalue weighted by Gasteiger charge is -2.33. The standard InChI is InChI=1S/C13H24N2O2/c1-15(11-6-4-5-10(11)9-14)13(16)12-7-2-3-8-17-12/h10-12H,2-9,14H2,1H3. The van der Waals surface area contributed by atoms with Crippen molar-refractivity contribution in [3.05, 3.63) is 0 Å². The van der Waals surface area contributed by atoms with Crippen molar-refractivity contribution >= 4 is 5.91 Å². The summed E-state index contributed by atoms with van der Waals surface area (Å²) in [4.78, 5) is 14.2. The Bertz CT molecular complexity index is 264. The van der Waals surface area contributed by atoms with Crippen LogP contribution in [-0.2, 0) is 9.53 Å². The van der Waals surface area contributed by atoms with Gasteiger partial charge in [-0.05, 0) is 44.6 Å². The fourth-order valence-corrected chi connectivity index (χ4v) is 3.13. The van der Waals surface area contributed by atoms with Crippen molar-refractivity contribution in [1.29, 1.82) is 0 Å². The minimum absolute atomic E-state index is 0.162. The van der Waals surface area contributed by atoms with Crippen LogP contribution in [0.1, 0.15) is 38.5 Å². The second-order valence-electron chi connectivity index (χ2n) is 5.30. The van der Waals surface area contributed by atoms with E-state index in [0.717, 1.165) is 38.7 Å². The van der Waals surface area contributed by atoms with E-state index in [4.69, 9.17) is 10.5 Å². The van der Waals surface area contributed by atoms with Crippen molar-refractivity contribution in [1.82, 2.24) is 4.90 Å². The Kier molecular flexibility index (Phi) is 4.40. The average Bonchev–Trinajstić information content (AvgIpc) is 2.86. The van der Waals surface area contributed by atoms with E-state index >= 15 is 0 Å². The highest BCUT2D eigenvalue weighted by atomic mass is 16.5.